The summed E-state index contributed by atoms with van der Waals surface area (Å²) in [7, 11) is 1.08. The number of Topliss-reactive ketones (excluding diaryl/α,β-unsaturated/α-hetero) is 1. The Hall–Kier alpha value is -3.44. The van der Waals surface area contributed by atoms with Crippen molar-refractivity contribution < 1.29 is 42.1 Å². The van der Waals surface area contributed by atoms with Crippen molar-refractivity contribution in [1.29, 1.82) is 0 Å². The molecule has 2 aromatic carbocycles. The minimum Gasteiger partial charge on any atom is -0.493 e. The molecule has 0 spiro atoms. The molecule has 1 fully saturated rings. The third-order valence-electron chi connectivity index (χ3n) is 7.34. The standard InChI is InChI=1S/C31H39ClF2N2O7/c1-7-41-24-16-23(26(32)27(42-8-2)25(24)20(4)37)19(3)36(14-15-43-21(5)22-12-10-9-11-13-22)29(39)35-30(28(38)40-6)17-31(33,34)18-30/h9-13,16,19,21H,7-8,14-15,17-18H2,1-6H3,(H,35,39)/t19?,21-/m0/s1. The van der Waals surface area contributed by atoms with Crippen LogP contribution in [0.4, 0.5) is 13.6 Å². The number of amides is 2. The molecule has 0 aliphatic heterocycles. The normalized spacial score (nSPS) is 16.3. The molecule has 2 amide bonds. The topological polar surface area (TPSA) is 103 Å². The molecule has 12 heteroatoms. The fourth-order valence-corrected chi connectivity index (χ4v) is 5.55. The second-order valence-corrected chi connectivity index (χ2v) is 10.8. The highest BCUT2D eigenvalue weighted by molar-refractivity contribution is 6.33. The Morgan fingerprint density at radius 1 is 1.07 bits per heavy atom. The smallest absolute Gasteiger partial charge is 0.332 e. The molecule has 0 bridgehead atoms. The van der Waals surface area contributed by atoms with Gasteiger partial charge in [0, 0.05) is 24.9 Å². The van der Waals surface area contributed by atoms with E-state index >= 15 is 0 Å². The summed E-state index contributed by atoms with van der Waals surface area (Å²) in [6.45, 7) is 8.92. The number of halogens is 3. The number of carbonyl (C=O) groups excluding carboxylic acids is 3. The zero-order chi connectivity index (χ0) is 31.9. The Morgan fingerprint density at radius 2 is 1.70 bits per heavy atom. The fraction of sp³-hybridized carbons (Fsp3) is 0.516. The molecule has 1 aliphatic carbocycles. The number of ketones is 1. The maximum Gasteiger partial charge on any atom is 0.332 e. The van der Waals surface area contributed by atoms with Gasteiger partial charge in [-0.2, -0.15) is 0 Å². The number of benzene rings is 2. The number of rotatable bonds is 14. The summed E-state index contributed by atoms with van der Waals surface area (Å²) < 4.78 is 50.3. The van der Waals surface area contributed by atoms with Crippen molar-refractivity contribution in [2.75, 3.05) is 33.5 Å². The number of ether oxygens (including phenoxy) is 4. The van der Waals surface area contributed by atoms with Gasteiger partial charge in [-0.15, -0.1) is 0 Å². The van der Waals surface area contributed by atoms with Crippen LogP contribution in [0.1, 0.15) is 81.1 Å². The van der Waals surface area contributed by atoms with Gasteiger partial charge in [0.25, 0.3) is 5.92 Å². The van der Waals surface area contributed by atoms with Crippen LogP contribution in [0.3, 0.4) is 0 Å². The molecule has 236 valence electrons. The monoisotopic (exact) mass is 624 g/mol. The van der Waals surface area contributed by atoms with Crippen molar-refractivity contribution in [2.45, 2.75) is 71.1 Å². The van der Waals surface area contributed by atoms with Crippen molar-refractivity contribution >= 4 is 29.4 Å². The first-order valence-electron chi connectivity index (χ1n) is 14.1. The number of hydrogen-bond donors (Lipinski definition) is 1. The Labute approximate surface area is 255 Å². The van der Waals surface area contributed by atoms with Gasteiger partial charge in [-0.05, 0) is 46.2 Å². The Bertz CT molecular complexity index is 1300. The number of nitrogens with one attached hydrogen (secondary N) is 1. The zero-order valence-electron chi connectivity index (χ0n) is 25.3. The lowest BCUT2D eigenvalue weighted by Crippen LogP contribution is -2.68. The van der Waals surface area contributed by atoms with Crippen LogP contribution in [-0.2, 0) is 14.3 Å². The predicted molar refractivity (Wildman–Crippen MR) is 157 cm³/mol. The van der Waals surface area contributed by atoms with Crippen molar-refractivity contribution in [2.24, 2.45) is 0 Å². The average Bonchev–Trinajstić information content (AvgIpc) is 2.95. The van der Waals surface area contributed by atoms with E-state index in [1.807, 2.05) is 37.3 Å². The first kappa shape index (κ1) is 34.1. The van der Waals surface area contributed by atoms with E-state index in [4.69, 9.17) is 30.5 Å². The van der Waals surface area contributed by atoms with E-state index in [0.29, 0.717) is 5.56 Å². The largest absolute Gasteiger partial charge is 0.493 e. The van der Waals surface area contributed by atoms with Crippen LogP contribution in [-0.4, -0.2) is 67.6 Å². The molecule has 1 aliphatic rings. The Balaban J connectivity index is 2.00. The van der Waals surface area contributed by atoms with Crippen LogP contribution in [0.5, 0.6) is 11.5 Å². The SMILES string of the molecule is CCOc1cc(C(C)N(CCO[C@@H](C)c2ccccc2)C(=O)NC2(C(=O)OC)CC(F)(F)C2)c(Cl)c(OCC)c1C(C)=O. The van der Waals surface area contributed by atoms with Crippen molar-refractivity contribution in [1.82, 2.24) is 10.2 Å². The minimum atomic E-state index is -3.13. The van der Waals surface area contributed by atoms with Crippen molar-refractivity contribution in [3.8, 4) is 11.5 Å². The lowest BCUT2D eigenvalue weighted by atomic mass is 9.73. The summed E-state index contributed by atoms with van der Waals surface area (Å²) in [5, 5.41) is 2.60. The summed E-state index contributed by atoms with van der Waals surface area (Å²) in [6.07, 6.45) is -2.08. The van der Waals surface area contributed by atoms with Crippen molar-refractivity contribution in [3.05, 3.63) is 58.1 Å². The van der Waals surface area contributed by atoms with Crippen molar-refractivity contribution in [3.63, 3.8) is 0 Å². The third kappa shape index (κ3) is 7.75. The van der Waals surface area contributed by atoms with Crippen LogP contribution < -0.4 is 14.8 Å². The number of urea groups is 1. The molecule has 1 N–H and O–H groups in total. The van der Waals surface area contributed by atoms with E-state index in [1.54, 1.807) is 26.8 Å². The highest BCUT2D eigenvalue weighted by Gasteiger charge is 2.63. The van der Waals surface area contributed by atoms with Crippen LogP contribution in [0.15, 0.2) is 36.4 Å². The summed E-state index contributed by atoms with van der Waals surface area (Å²) in [5.74, 6) is -4.07. The van der Waals surface area contributed by atoms with E-state index < -0.39 is 42.3 Å². The second-order valence-electron chi connectivity index (χ2n) is 10.4. The van der Waals surface area contributed by atoms with E-state index in [1.165, 1.54) is 11.8 Å². The Kier molecular flexibility index (Phi) is 11.4. The van der Waals surface area contributed by atoms with Gasteiger partial charge in [-0.25, -0.2) is 18.4 Å². The summed E-state index contributed by atoms with van der Waals surface area (Å²) >= 11 is 6.80. The molecule has 43 heavy (non-hydrogen) atoms. The highest BCUT2D eigenvalue weighted by atomic mass is 35.5. The van der Waals surface area contributed by atoms with E-state index in [-0.39, 0.29) is 60.3 Å². The number of nitrogens with zero attached hydrogens (tertiary/aromatic N) is 1. The average molecular weight is 625 g/mol. The molecule has 0 saturated heterocycles. The summed E-state index contributed by atoms with van der Waals surface area (Å²) in [5.41, 5.74) is -0.405. The number of carbonyl (C=O) groups is 3. The molecule has 2 atom stereocenters. The van der Waals surface area contributed by atoms with Gasteiger partial charge in [0.15, 0.2) is 17.1 Å². The van der Waals surface area contributed by atoms with E-state index in [9.17, 15) is 23.2 Å². The predicted octanol–water partition coefficient (Wildman–Crippen LogP) is 6.53. The summed E-state index contributed by atoms with van der Waals surface area (Å²) in [6, 6.07) is 9.44. The van der Waals surface area contributed by atoms with Gasteiger partial charge in [0.2, 0.25) is 0 Å². The lowest BCUT2D eigenvalue weighted by molar-refractivity contribution is -0.178. The number of methoxy groups -OCH3 is 1. The zero-order valence-corrected chi connectivity index (χ0v) is 26.1. The van der Waals surface area contributed by atoms with Gasteiger partial charge in [0.1, 0.15) is 11.3 Å². The van der Waals surface area contributed by atoms with E-state index in [2.05, 4.69) is 5.32 Å². The number of hydrogen-bond acceptors (Lipinski definition) is 7. The van der Waals surface area contributed by atoms with Gasteiger partial charge in [-0.1, -0.05) is 41.9 Å². The molecule has 3 rings (SSSR count). The maximum absolute atomic E-state index is 14.0. The minimum absolute atomic E-state index is 0.00343. The van der Waals surface area contributed by atoms with Gasteiger partial charge < -0.3 is 29.2 Å². The first-order valence-corrected chi connectivity index (χ1v) is 14.5. The van der Waals surface area contributed by atoms with Crippen LogP contribution in [0.2, 0.25) is 5.02 Å². The Morgan fingerprint density at radius 3 is 2.23 bits per heavy atom. The van der Waals surface area contributed by atoms with Gasteiger partial charge >= 0.3 is 12.0 Å². The van der Waals surface area contributed by atoms with Gasteiger partial charge in [-0.3, -0.25) is 4.79 Å². The van der Waals surface area contributed by atoms with Gasteiger partial charge in [0.05, 0.1) is 44.1 Å². The molecule has 2 aromatic rings. The molecule has 9 nitrogen and oxygen atoms in total. The lowest BCUT2D eigenvalue weighted by Gasteiger charge is -2.46. The van der Waals surface area contributed by atoms with Crippen LogP contribution in [0.25, 0.3) is 0 Å². The molecule has 0 radical (unpaired) electrons. The molecular formula is C31H39ClF2N2O7. The maximum atomic E-state index is 14.0. The quantitative estimate of drug-likeness (QED) is 0.188. The summed E-state index contributed by atoms with van der Waals surface area (Å²) in [4.78, 5) is 40.2. The van der Waals surface area contributed by atoms with Crippen LogP contribution in [0, 0.1) is 0 Å². The molecule has 1 unspecified atom stereocenters. The first-order chi connectivity index (χ1) is 20.3. The molecule has 1 saturated carbocycles. The fourth-order valence-electron chi connectivity index (χ4n) is 5.19. The molecular weight excluding hydrogens is 586 g/mol. The highest BCUT2D eigenvalue weighted by Crippen LogP contribution is 2.47. The molecule has 0 heterocycles. The molecule has 0 aromatic heterocycles. The third-order valence-corrected chi connectivity index (χ3v) is 7.73. The second kappa shape index (κ2) is 14.4. The number of esters is 1. The number of alkyl halides is 2. The van der Waals surface area contributed by atoms with E-state index in [0.717, 1.165) is 12.7 Å². The van der Waals surface area contributed by atoms with Crippen LogP contribution >= 0.6 is 11.6 Å².